The number of nitrogens with two attached hydrogens (primary N) is 1. The van der Waals surface area contributed by atoms with Crippen molar-refractivity contribution in [2.45, 2.75) is 38.6 Å². The minimum atomic E-state index is 0.482. The lowest BCUT2D eigenvalue weighted by Gasteiger charge is -2.15. The fraction of sp³-hybridized carbons (Fsp3) is 0.538. The van der Waals surface area contributed by atoms with E-state index in [1.807, 2.05) is 0 Å². The predicted molar refractivity (Wildman–Crippen MR) is 67.2 cm³/mol. The second-order valence-electron chi connectivity index (χ2n) is 4.29. The summed E-state index contributed by atoms with van der Waals surface area (Å²) in [5.41, 5.74) is 9.39. The van der Waals surface area contributed by atoms with Gasteiger partial charge in [-0.05, 0) is 36.8 Å². The Morgan fingerprint density at radius 1 is 1.31 bits per heavy atom. The lowest BCUT2D eigenvalue weighted by Crippen LogP contribution is -2.04. The fourth-order valence-corrected chi connectivity index (χ4v) is 2.86. The van der Waals surface area contributed by atoms with Crippen molar-refractivity contribution in [1.82, 2.24) is 0 Å². The third-order valence-corrected chi connectivity index (χ3v) is 3.69. The average molecular weight is 240 g/mol. The van der Waals surface area contributed by atoms with Crippen molar-refractivity contribution in [1.29, 1.82) is 0 Å². The van der Waals surface area contributed by atoms with Crippen LogP contribution in [-0.2, 0) is 19.4 Å². The fourth-order valence-electron chi connectivity index (χ4n) is 2.44. The van der Waals surface area contributed by atoms with E-state index in [4.69, 9.17) is 22.1 Å². The molecule has 2 rings (SSSR count). The van der Waals surface area contributed by atoms with Crippen molar-refractivity contribution < 1.29 is 4.74 Å². The first-order valence-corrected chi connectivity index (χ1v) is 6.23. The van der Waals surface area contributed by atoms with Gasteiger partial charge in [-0.15, -0.1) is 0 Å². The van der Waals surface area contributed by atoms with Crippen LogP contribution in [0.15, 0.2) is 6.07 Å². The van der Waals surface area contributed by atoms with Gasteiger partial charge >= 0.3 is 0 Å². The van der Waals surface area contributed by atoms with Crippen LogP contribution < -0.4 is 10.5 Å². The summed E-state index contributed by atoms with van der Waals surface area (Å²) in [5, 5.41) is 0.780. The number of fused-ring (bicyclic) bond motifs is 1. The highest BCUT2D eigenvalue weighted by Gasteiger charge is 2.18. The molecule has 2 N–H and O–H groups in total. The van der Waals surface area contributed by atoms with Gasteiger partial charge in [0.05, 0.1) is 12.1 Å². The van der Waals surface area contributed by atoms with Gasteiger partial charge in [0.25, 0.3) is 0 Å². The Hall–Kier alpha value is -0.730. The van der Waals surface area contributed by atoms with Crippen LogP contribution >= 0.6 is 11.6 Å². The van der Waals surface area contributed by atoms with Gasteiger partial charge in [-0.3, -0.25) is 0 Å². The van der Waals surface area contributed by atoms with E-state index in [1.54, 1.807) is 7.11 Å². The summed E-state index contributed by atoms with van der Waals surface area (Å²) >= 11 is 6.40. The van der Waals surface area contributed by atoms with Gasteiger partial charge in [-0.25, -0.2) is 0 Å². The van der Waals surface area contributed by atoms with Crippen LogP contribution in [0.5, 0.6) is 5.75 Å². The molecule has 1 aliphatic rings. The van der Waals surface area contributed by atoms with Gasteiger partial charge in [-0.2, -0.15) is 0 Å². The third-order valence-electron chi connectivity index (χ3n) is 3.29. The van der Waals surface area contributed by atoms with Crippen LogP contribution in [-0.4, -0.2) is 7.11 Å². The van der Waals surface area contributed by atoms with Crippen LogP contribution in [0.4, 0.5) is 0 Å². The zero-order valence-electron chi connectivity index (χ0n) is 9.68. The Balaban J connectivity index is 2.54. The quantitative estimate of drug-likeness (QED) is 0.805. The van der Waals surface area contributed by atoms with Crippen LogP contribution in [0.3, 0.4) is 0 Å². The number of ether oxygens (including phenoxy) is 1. The minimum absolute atomic E-state index is 0.482. The van der Waals surface area contributed by atoms with Gasteiger partial charge in [0, 0.05) is 12.1 Å². The molecule has 0 atom stereocenters. The molecular formula is C13H18ClNO. The second kappa shape index (κ2) is 5.07. The normalized spacial score (nSPS) is 15.4. The summed E-state index contributed by atoms with van der Waals surface area (Å²) in [4.78, 5) is 0. The van der Waals surface area contributed by atoms with Crippen LogP contribution in [0, 0.1) is 0 Å². The van der Waals surface area contributed by atoms with Gasteiger partial charge in [-0.1, -0.05) is 24.1 Å². The van der Waals surface area contributed by atoms with E-state index in [0.29, 0.717) is 6.54 Å². The predicted octanol–water partition coefficient (Wildman–Crippen LogP) is 3.08. The van der Waals surface area contributed by atoms with Gasteiger partial charge in [0.15, 0.2) is 0 Å². The molecule has 2 nitrogen and oxygen atoms in total. The summed E-state index contributed by atoms with van der Waals surface area (Å²) in [6, 6.07) is 2.17. The van der Waals surface area contributed by atoms with Crippen molar-refractivity contribution >= 4 is 11.6 Å². The highest BCUT2D eigenvalue weighted by Crippen LogP contribution is 2.37. The molecule has 0 heterocycles. The van der Waals surface area contributed by atoms with Crippen molar-refractivity contribution in [3.63, 3.8) is 0 Å². The number of benzene rings is 1. The van der Waals surface area contributed by atoms with E-state index in [1.165, 1.54) is 30.4 Å². The Kier molecular flexibility index (Phi) is 3.72. The Labute approximate surface area is 102 Å². The lowest BCUT2D eigenvalue weighted by atomic mass is 9.99. The summed E-state index contributed by atoms with van der Waals surface area (Å²) in [6.45, 7) is 0.482. The molecule has 0 saturated carbocycles. The van der Waals surface area contributed by atoms with Gasteiger partial charge < -0.3 is 10.5 Å². The van der Waals surface area contributed by atoms with Crippen LogP contribution in [0.1, 0.15) is 36.0 Å². The van der Waals surface area contributed by atoms with E-state index in [-0.39, 0.29) is 0 Å². The molecule has 0 unspecified atom stereocenters. The monoisotopic (exact) mass is 239 g/mol. The molecule has 0 saturated heterocycles. The summed E-state index contributed by atoms with van der Waals surface area (Å²) in [5.74, 6) is 0.768. The zero-order valence-corrected chi connectivity index (χ0v) is 10.4. The minimum Gasteiger partial charge on any atom is -0.495 e. The Morgan fingerprint density at radius 2 is 2.06 bits per heavy atom. The molecule has 1 aromatic carbocycles. The topological polar surface area (TPSA) is 35.2 Å². The first-order valence-electron chi connectivity index (χ1n) is 5.85. The maximum atomic E-state index is 6.40. The van der Waals surface area contributed by atoms with Crippen molar-refractivity contribution in [2.24, 2.45) is 5.73 Å². The summed E-state index contributed by atoms with van der Waals surface area (Å²) in [7, 11) is 1.66. The molecule has 0 fully saturated rings. The molecule has 0 aromatic heterocycles. The lowest BCUT2D eigenvalue weighted by molar-refractivity contribution is 0.409. The number of halogens is 1. The largest absolute Gasteiger partial charge is 0.495 e. The Morgan fingerprint density at radius 3 is 2.75 bits per heavy atom. The third kappa shape index (κ3) is 2.04. The SMILES string of the molecule is COc1c(CN)cc2c(c1Cl)CCCCC2. The van der Waals surface area contributed by atoms with Crippen LogP contribution in [0.25, 0.3) is 0 Å². The van der Waals surface area contributed by atoms with Crippen molar-refractivity contribution in [3.8, 4) is 5.75 Å². The number of aryl methyl sites for hydroxylation is 1. The highest BCUT2D eigenvalue weighted by atomic mass is 35.5. The maximum Gasteiger partial charge on any atom is 0.142 e. The van der Waals surface area contributed by atoms with Crippen LogP contribution in [0.2, 0.25) is 5.02 Å². The van der Waals surface area contributed by atoms with Gasteiger partial charge in [0.1, 0.15) is 5.75 Å². The molecule has 1 aromatic rings. The smallest absolute Gasteiger partial charge is 0.142 e. The highest BCUT2D eigenvalue weighted by molar-refractivity contribution is 6.33. The molecule has 0 amide bonds. The number of hydrogen-bond donors (Lipinski definition) is 1. The first-order chi connectivity index (χ1) is 7.77. The number of methoxy groups -OCH3 is 1. The molecule has 16 heavy (non-hydrogen) atoms. The summed E-state index contributed by atoms with van der Waals surface area (Å²) in [6.07, 6.45) is 5.93. The molecule has 88 valence electrons. The molecule has 3 heteroatoms. The summed E-state index contributed by atoms with van der Waals surface area (Å²) < 4.78 is 5.36. The van der Waals surface area contributed by atoms with Gasteiger partial charge in [0.2, 0.25) is 0 Å². The van der Waals surface area contributed by atoms with E-state index < -0.39 is 0 Å². The van der Waals surface area contributed by atoms with E-state index >= 15 is 0 Å². The Bertz CT molecular complexity index is 390. The number of rotatable bonds is 2. The van der Waals surface area contributed by atoms with E-state index in [0.717, 1.165) is 29.2 Å². The van der Waals surface area contributed by atoms with E-state index in [9.17, 15) is 0 Å². The molecule has 1 aliphatic carbocycles. The molecule has 0 spiro atoms. The van der Waals surface area contributed by atoms with E-state index in [2.05, 4.69) is 6.07 Å². The average Bonchev–Trinajstić information content (AvgIpc) is 2.54. The standard InChI is InChI=1S/C13H18ClNO/c1-16-13-10(8-15)7-9-5-3-2-4-6-11(9)12(13)14/h7H,2-6,8,15H2,1H3. The first kappa shape index (κ1) is 11.7. The maximum absolute atomic E-state index is 6.40. The second-order valence-corrected chi connectivity index (χ2v) is 4.66. The molecule has 0 radical (unpaired) electrons. The number of hydrogen-bond acceptors (Lipinski definition) is 2. The zero-order chi connectivity index (χ0) is 11.5. The van der Waals surface area contributed by atoms with Crippen molar-refractivity contribution in [3.05, 3.63) is 27.8 Å². The molecule has 0 aliphatic heterocycles. The van der Waals surface area contributed by atoms with Crippen molar-refractivity contribution in [2.75, 3.05) is 7.11 Å². The molecular weight excluding hydrogens is 222 g/mol. The molecule has 0 bridgehead atoms.